The lowest BCUT2D eigenvalue weighted by Gasteiger charge is -2.34. The Morgan fingerprint density at radius 1 is 1.35 bits per heavy atom. The van der Waals surface area contributed by atoms with Gasteiger partial charge in [0.05, 0.1) is 17.9 Å². The molecule has 2 amide bonds. The number of amides is 2. The summed E-state index contributed by atoms with van der Waals surface area (Å²) < 4.78 is 17.5. The van der Waals surface area contributed by atoms with Crippen molar-refractivity contribution in [1.29, 1.82) is 0 Å². The summed E-state index contributed by atoms with van der Waals surface area (Å²) in [4.78, 5) is 24.0. The van der Waals surface area contributed by atoms with Crippen molar-refractivity contribution in [2.45, 2.75) is 44.5 Å². The number of para-hydroxylation sites is 1. The van der Waals surface area contributed by atoms with Crippen molar-refractivity contribution in [3.05, 3.63) is 23.8 Å². The van der Waals surface area contributed by atoms with Gasteiger partial charge in [-0.1, -0.05) is 13.0 Å². The fraction of sp³-hybridized carbons (Fsp3) is 0.579. The van der Waals surface area contributed by atoms with Crippen molar-refractivity contribution in [3.63, 3.8) is 0 Å². The highest BCUT2D eigenvalue weighted by molar-refractivity contribution is 6.03. The summed E-state index contributed by atoms with van der Waals surface area (Å²) >= 11 is 0. The van der Waals surface area contributed by atoms with Crippen LogP contribution >= 0.6 is 0 Å². The Bertz CT molecular complexity index is 712. The van der Waals surface area contributed by atoms with Crippen LogP contribution in [0.5, 0.6) is 5.75 Å². The highest BCUT2D eigenvalue weighted by Gasteiger charge is 2.43. The van der Waals surface area contributed by atoms with Crippen LogP contribution in [-0.2, 0) is 14.3 Å². The molecule has 2 heterocycles. The van der Waals surface area contributed by atoms with E-state index in [1.54, 1.807) is 18.2 Å². The average molecular weight is 360 g/mol. The van der Waals surface area contributed by atoms with Gasteiger partial charge in [0.15, 0.2) is 18.1 Å². The predicted molar refractivity (Wildman–Crippen MR) is 94.1 cm³/mol. The molecule has 1 atom stereocenters. The number of benzene rings is 1. The van der Waals surface area contributed by atoms with Crippen molar-refractivity contribution in [3.8, 4) is 5.75 Å². The highest BCUT2D eigenvalue weighted by Crippen LogP contribution is 2.39. The first kappa shape index (κ1) is 17.3. The van der Waals surface area contributed by atoms with Gasteiger partial charge in [-0.2, -0.15) is 0 Å². The van der Waals surface area contributed by atoms with Crippen molar-refractivity contribution >= 4 is 17.5 Å². The summed E-state index contributed by atoms with van der Waals surface area (Å²) in [6.45, 7) is 3.04. The molecule has 7 heteroatoms. The summed E-state index contributed by atoms with van der Waals surface area (Å²) in [7, 11) is 0. The maximum absolute atomic E-state index is 12.6. The van der Waals surface area contributed by atoms with Crippen LogP contribution in [0.25, 0.3) is 0 Å². The van der Waals surface area contributed by atoms with E-state index in [0.29, 0.717) is 30.2 Å². The lowest BCUT2D eigenvalue weighted by atomic mass is 9.86. The molecule has 1 aromatic rings. The SMILES string of the molecule is CC1CCC2(CC1)OC[C@@H](CNC(=O)c1cccc3c1OCC(=O)N3)O2. The molecule has 140 valence electrons. The fourth-order valence-electron chi connectivity index (χ4n) is 3.78. The molecule has 2 fully saturated rings. The van der Waals surface area contributed by atoms with Gasteiger partial charge in [0.1, 0.15) is 6.10 Å². The zero-order chi connectivity index (χ0) is 18.1. The van der Waals surface area contributed by atoms with Gasteiger partial charge in [0.2, 0.25) is 0 Å². The normalized spacial score (nSPS) is 30.4. The van der Waals surface area contributed by atoms with Crippen LogP contribution in [0.1, 0.15) is 43.0 Å². The molecule has 0 unspecified atom stereocenters. The van der Waals surface area contributed by atoms with Crippen LogP contribution in [0.15, 0.2) is 18.2 Å². The monoisotopic (exact) mass is 360 g/mol. The Morgan fingerprint density at radius 2 is 2.15 bits per heavy atom. The smallest absolute Gasteiger partial charge is 0.262 e. The topological polar surface area (TPSA) is 85.9 Å². The highest BCUT2D eigenvalue weighted by atomic mass is 16.7. The maximum Gasteiger partial charge on any atom is 0.262 e. The number of nitrogens with one attached hydrogen (secondary N) is 2. The lowest BCUT2D eigenvalue weighted by molar-refractivity contribution is -0.191. The Balaban J connectivity index is 1.35. The molecular formula is C19H24N2O5. The standard InChI is InChI=1S/C19H24N2O5/c1-12-5-7-19(8-6-12)25-10-13(26-19)9-20-18(23)14-3-2-4-15-17(14)24-11-16(22)21-15/h2-4,12-13H,5-11H2,1H3,(H,20,23)(H,21,22)/t12?,13-,19?/m1/s1. The van der Waals surface area contributed by atoms with Gasteiger partial charge in [0.25, 0.3) is 11.8 Å². The molecule has 1 saturated heterocycles. The molecule has 7 nitrogen and oxygen atoms in total. The van der Waals surface area contributed by atoms with Crippen molar-refractivity contribution in [2.24, 2.45) is 5.92 Å². The quantitative estimate of drug-likeness (QED) is 0.862. The summed E-state index contributed by atoms with van der Waals surface area (Å²) in [5, 5.41) is 5.60. The summed E-state index contributed by atoms with van der Waals surface area (Å²) in [6.07, 6.45) is 3.90. The number of rotatable bonds is 3. The molecule has 1 aliphatic carbocycles. The molecule has 4 rings (SSSR count). The van der Waals surface area contributed by atoms with E-state index in [2.05, 4.69) is 17.6 Å². The molecular weight excluding hydrogens is 336 g/mol. The van der Waals surface area contributed by atoms with Crippen LogP contribution < -0.4 is 15.4 Å². The van der Waals surface area contributed by atoms with E-state index in [4.69, 9.17) is 14.2 Å². The molecule has 1 aromatic carbocycles. The van der Waals surface area contributed by atoms with Crippen molar-refractivity contribution in [2.75, 3.05) is 25.1 Å². The minimum atomic E-state index is -0.457. The largest absolute Gasteiger partial charge is 0.481 e. The number of hydrogen-bond acceptors (Lipinski definition) is 5. The number of carbonyl (C=O) groups is 2. The van der Waals surface area contributed by atoms with Crippen molar-refractivity contribution < 1.29 is 23.8 Å². The van der Waals surface area contributed by atoms with E-state index in [-0.39, 0.29) is 24.5 Å². The van der Waals surface area contributed by atoms with Crippen LogP contribution in [0.2, 0.25) is 0 Å². The van der Waals surface area contributed by atoms with Gasteiger partial charge in [-0.05, 0) is 30.9 Å². The minimum absolute atomic E-state index is 0.0855. The van der Waals surface area contributed by atoms with E-state index < -0.39 is 5.79 Å². The number of fused-ring (bicyclic) bond motifs is 1. The molecule has 2 aliphatic heterocycles. The lowest BCUT2D eigenvalue weighted by Crippen LogP contribution is -2.38. The maximum atomic E-state index is 12.6. The third-order valence-corrected chi connectivity index (χ3v) is 5.32. The first-order valence-electron chi connectivity index (χ1n) is 9.20. The van der Waals surface area contributed by atoms with E-state index in [0.717, 1.165) is 31.6 Å². The molecule has 1 saturated carbocycles. The van der Waals surface area contributed by atoms with Crippen LogP contribution in [0.3, 0.4) is 0 Å². The Hall–Kier alpha value is -2.12. The fourth-order valence-corrected chi connectivity index (χ4v) is 3.78. The second-order valence-electron chi connectivity index (χ2n) is 7.37. The molecule has 1 spiro atoms. The second-order valence-corrected chi connectivity index (χ2v) is 7.37. The van der Waals surface area contributed by atoms with E-state index in [9.17, 15) is 9.59 Å². The van der Waals surface area contributed by atoms with E-state index >= 15 is 0 Å². The second kappa shape index (κ2) is 6.89. The third kappa shape index (κ3) is 3.41. The van der Waals surface area contributed by atoms with Crippen LogP contribution in [0.4, 0.5) is 5.69 Å². The van der Waals surface area contributed by atoms with Gasteiger partial charge in [-0.25, -0.2) is 0 Å². The predicted octanol–water partition coefficient (Wildman–Crippen LogP) is 2.07. The van der Waals surface area contributed by atoms with Crippen molar-refractivity contribution in [1.82, 2.24) is 5.32 Å². The summed E-state index contributed by atoms with van der Waals surface area (Å²) in [5.74, 6) is 0.196. The van der Waals surface area contributed by atoms with E-state index in [1.165, 1.54) is 0 Å². The molecule has 0 bridgehead atoms. The van der Waals surface area contributed by atoms with E-state index in [1.807, 2.05) is 0 Å². The summed E-state index contributed by atoms with van der Waals surface area (Å²) in [6, 6.07) is 5.11. The Labute approximate surface area is 152 Å². The van der Waals surface area contributed by atoms with Crippen LogP contribution in [0, 0.1) is 5.92 Å². The number of anilines is 1. The molecule has 3 aliphatic rings. The van der Waals surface area contributed by atoms with Gasteiger partial charge in [-0.3, -0.25) is 9.59 Å². The Morgan fingerprint density at radius 3 is 2.96 bits per heavy atom. The van der Waals surface area contributed by atoms with Gasteiger partial charge >= 0.3 is 0 Å². The number of hydrogen-bond donors (Lipinski definition) is 2. The minimum Gasteiger partial charge on any atom is -0.481 e. The number of ether oxygens (including phenoxy) is 3. The molecule has 0 aromatic heterocycles. The van der Waals surface area contributed by atoms with Gasteiger partial charge < -0.3 is 24.8 Å². The zero-order valence-corrected chi connectivity index (χ0v) is 14.9. The van der Waals surface area contributed by atoms with Gasteiger partial charge in [-0.15, -0.1) is 0 Å². The zero-order valence-electron chi connectivity index (χ0n) is 14.9. The average Bonchev–Trinajstić information content (AvgIpc) is 3.04. The van der Waals surface area contributed by atoms with Crippen LogP contribution in [-0.4, -0.2) is 43.5 Å². The first-order valence-corrected chi connectivity index (χ1v) is 9.20. The molecule has 26 heavy (non-hydrogen) atoms. The Kier molecular flexibility index (Phi) is 4.58. The third-order valence-electron chi connectivity index (χ3n) is 5.32. The first-order chi connectivity index (χ1) is 12.5. The summed E-state index contributed by atoms with van der Waals surface area (Å²) in [5.41, 5.74) is 0.923. The van der Waals surface area contributed by atoms with Gasteiger partial charge in [0, 0.05) is 19.4 Å². The number of carbonyl (C=O) groups excluding carboxylic acids is 2. The molecule has 0 radical (unpaired) electrons. The molecule has 2 N–H and O–H groups in total.